The fourth-order valence-electron chi connectivity index (χ4n) is 1.30. The highest BCUT2D eigenvalue weighted by Gasteiger charge is 2.08. The first kappa shape index (κ1) is 13.4. The Hall–Kier alpha value is -1.68. The number of H-pyrrole nitrogens is 1. The normalized spacial score (nSPS) is 11.1. The molecule has 0 saturated carbocycles. The van der Waals surface area contributed by atoms with Gasteiger partial charge in [-0.05, 0) is 18.9 Å². The summed E-state index contributed by atoms with van der Waals surface area (Å²) in [6.07, 6.45) is 4.76. The molecular weight excluding hydrogens is 236 g/mol. The largest absolute Gasteiger partial charge is 0.358 e. The molecule has 1 heterocycles. The van der Waals surface area contributed by atoms with E-state index < -0.39 is 0 Å². The molecule has 0 saturated heterocycles. The van der Waals surface area contributed by atoms with Crippen molar-refractivity contribution in [2.45, 2.75) is 13.3 Å². The van der Waals surface area contributed by atoms with Gasteiger partial charge in [0.25, 0.3) is 0 Å². The molecule has 0 amide bonds. The van der Waals surface area contributed by atoms with Gasteiger partial charge in [-0.25, -0.2) is 4.98 Å². The van der Waals surface area contributed by atoms with Crippen LogP contribution in [-0.2, 0) is 6.42 Å². The van der Waals surface area contributed by atoms with Crippen molar-refractivity contribution in [2.24, 2.45) is 4.99 Å². The van der Waals surface area contributed by atoms with Crippen LogP contribution in [-0.4, -0.2) is 35.0 Å². The second-order valence-corrected chi connectivity index (χ2v) is 4.30. The number of nitriles is 1. The van der Waals surface area contributed by atoms with Gasteiger partial charge in [0, 0.05) is 13.5 Å². The van der Waals surface area contributed by atoms with Crippen LogP contribution in [0, 0.1) is 18.4 Å². The smallest absolute Gasteiger partial charge is 0.211 e. The van der Waals surface area contributed by atoms with Crippen molar-refractivity contribution in [1.82, 2.24) is 20.6 Å². The summed E-state index contributed by atoms with van der Waals surface area (Å²) < 4.78 is 0. The van der Waals surface area contributed by atoms with Crippen molar-refractivity contribution in [2.75, 3.05) is 19.1 Å². The van der Waals surface area contributed by atoms with Gasteiger partial charge in [-0.2, -0.15) is 22.0 Å². The van der Waals surface area contributed by atoms with Crippen LogP contribution in [0.15, 0.2) is 4.99 Å². The molecule has 1 aromatic rings. The lowest BCUT2D eigenvalue weighted by molar-refractivity contribution is 1.04. The number of hydrogen-bond donors (Lipinski definition) is 3. The molecule has 1 aromatic heterocycles. The van der Waals surface area contributed by atoms with Gasteiger partial charge in [0.15, 0.2) is 12.0 Å². The van der Waals surface area contributed by atoms with E-state index in [0.717, 1.165) is 23.7 Å². The minimum Gasteiger partial charge on any atom is -0.358 e. The van der Waals surface area contributed by atoms with E-state index in [1.54, 1.807) is 18.8 Å². The van der Waals surface area contributed by atoms with Gasteiger partial charge in [-0.1, -0.05) is 0 Å². The van der Waals surface area contributed by atoms with Crippen molar-refractivity contribution in [3.8, 4) is 6.19 Å². The van der Waals surface area contributed by atoms with Gasteiger partial charge in [-0.15, -0.1) is 0 Å². The summed E-state index contributed by atoms with van der Waals surface area (Å²) in [7, 11) is 1.70. The molecule has 0 aliphatic rings. The summed E-state index contributed by atoms with van der Waals surface area (Å²) in [6.45, 7) is 1.89. The topological polar surface area (TPSA) is 88.9 Å². The summed E-state index contributed by atoms with van der Waals surface area (Å²) in [5.41, 5.74) is 0.990. The van der Waals surface area contributed by atoms with Crippen LogP contribution in [0.5, 0.6) is 0 Å². The van der Waals surface area contributed by atoms with Gasteiger partial charge in [0.2, 0.25) is 5.96 Å². The Morgan fingerprint density at radius 3 is 3.00 bits per heavy atom. The molecule has 0 aliphatic heterocycles. The zero-order valence-electron chi connectivity index (χ0n) is 10.2. The molecule has 0 atom stereocenters. The molecule has 0 unspecified atom stereocenters. The maximum Gasteiger partial charge on any atom is 0.211 e. The van der Waals surface area contributed by atoms with Crippen molar-refractivity contribution in [1.29, 1.82) is 5.26 Å². The second-order valence-electron chi connectivity index (χ2n) is 3.31. The Morgan fingerprint density at radius 2 is 2.41 bits per heavy atom. The average molecular weight is 252 g/mol. The molecule has 17 heavy (non-hydrogen) atoms. The highest BCUT2D eigenvalue weighted by molar-refractivity contribution is 7.98. The molecular formula is C10H16N6S. The van der Waals surface area contributed by atoms with Gasteiger partial charge in [0.1, 0.15) is 5.82 Å². The van der Waals surface area contributed by atoms with E-state index in [4.69, 9.17) is 5.26 Å². The molecule has 7 heteroatoms. The van der Waals surface area contributed by atoms with E-state index in [1.165, 1.54) is 0 Å². The predicted octanol–water partition coefficient (Wildman–Crippen LogP) is 0.901. The number of aliphatic imine (C=N–C) groups is 1. The quantitative estimate of drug-likeness (QED) is 0.321. The Bertz CT molecular complexity index is 430. The SMILES string of the molecule is CNC(=Nc1nc(C)[nH]c1CCSC)NC#N. The van der Waals surface area contributed by atoms with Gasteiger partial charge in [0.05, 0.1) is 5.69 Å². The fraction of sp³-hybridized carbons (Fsp3) is 0.500. The van der Waals surface area contributed by atoms with Gasteiger partial charge >= 0.3 is 0 Å². The predicted molar refractivity (Wildman–Crippen MR) is 70.3 cm³/mol. The number of imidazole rings is 1. The first-order valence-corrected chi connectivity index (χ1v) is 6.56. The lowest BCUT2D eigenvalue weighted by atomic mass is 10.3. The zero-order valence-corrected chi connectivity index (χ0v) is 11.0. The maximum atomic E-state index is 8.55. The molecule has 0 aliphatic carbocycles. The van der Waals surface area contributed by atoms with Crippen molar-refractivity contribution in [3.05, 3.63) is 11.5 Å². The lowest BCUT2D eigenvalue weighted by Gasteiger charge is -2.01. The molecule has 3 N–H and O–H groups in total. The van der Waals surface area contributed by atoms with E-state index in [9.17, 15) is 0 Å². The summed E-state index contributed by atoms with van der Waals surface area (Å²) in [5.74, 6) is 2.85. The molecule has 0 radical (unpaired) electrons. The molecule has 0 spiro atoms. The number of hydrogen-bond acceptors (Lipinski definition) is 4. The van der Waals surface area contributed by atoms with E-state index in [0.29, 0.717) is 11.8 Å². The minimum atomic E-state index is 0.393. The first-order valence-electron chi connectivity index (χ1n) is 5.17. The summed E-state index contributed by atoms with van der Waals surface area (Å²) in [6, 6.07) is 0. The van der Waals surface area contributed by atoms with Crippen molar-refractivity contribution >= 4 is 23.5 Å². The van der Waals surface area contributed by atoms with Gasteiger partial charge in [-0.3, -0.25) is 5.32 Å². The Morgan fingerprint density at radius 1 is 1.65 bits per heavy atom. The number of nitrogens with one attached hydrogen (secondary N) is 3. The zero-order chi connectivity index (χ0) is 12.7. The van der Waals surface area contributed by atoms with Crippen molar-refractivity contribution < 1.29 is 0 Å². The molecule has 92 valence electrons. The highest BCUT2D eigenvalue weighted by Crippen LogP contribution is 2.17. The van der Waals surface area contributed by atoms with Crippen LogP contribution in [0.1, 0.15) is 11.5 Å². The van der Waals surface area contributed by atoms with E-state index >= 15 is 0 Å². The first-order chi connectivity index (χ1) is 8.21. The standard InChI is InChI=1S/C10H16N6S/c1-7-14-8(4-5-17-3)9(15-7)16-10(12-2)13-6-11/h4-5H2,1-3H3,(H,14,15)(H2,12,13,16). The van der Waals surface area contributed by atoms with Crippen LogP contribution >= 0.6 is 11.8 Å². The van der Waals surface area contributed by atoms with Gasteiger partial charge < -0.3 is 10.3 Å². The molecule has 0 bridgehead atoms. The number of guanidine groups is 1. The maximum absolute atomic E-state index is 8.55. The summed E-state index contributed by atoms with van der Waals surface area (Å²) in [5, 5.41) is 13.8. The van der Waals surface area contributed by atoms with Crippen LogP contribution in [0.4, 0.5) is 5.82 Å². The van der Waals surface area contributed by atoms with E-state index in [2.05, 4.69) is 31.8 Å². The van der Waals surface area contributed by atoms with E-state index in [1.807, 2.05) is 13.1 Å². The third-order valence-corrected chi connectivity index (χ3v) is 2.67. The minimum absolute atomic E-state index is 0.393. The molecule has 0 aromatic carbocycles. The Labute approximate surface area is 105 Å². The summed E-state index contributed by atoms with van der Waals surface area (Å²) >= 11 is 1.77. The number of aryl methyl sites for hydroxylation is 2. The third kappa shape index (κ3) is 4.00. The van der Waals surface area contributed by atoms with E-state index in [-0.39, 0.29) is 0 Å². The number of aromatic nitrogens is 2. The van der Waals surface area contributed by atoms with Crippen LogP contribution < -0.4 is 10.6 Å². The van der Waals surface area contributed by atoms with Crippen LogP contribution in [0.3, 0.4) is 0 Å². The second kappa shape index (κ2) is 6.81. The van der Waals surface area contributed by atoms with Crippen LogP contribution in [0.2, 0.25) is 0 Å². The molecule has 6 nitrogen and oxygen atoms in total. The highest BCUT2D eigenvalue weighted by atomic mass is 32.2. The molecule has 0 fully saturated rings. The van der Waals surface area contributed by atoms with Crippen LogP contribution in [0.25, 0.3) is 0 Å². The Kier molecular flexibility index (Phi) is 5.36. The number of nitrogens with zero attached hydrogens (tertiary/aromatic N) is 3. The monoisotopic (exact) mass is 252 g/mol. The summed E-state index contributed by atoms with van der Waals surface area (Å²) in [4.78, 5) is 11.7. The number of rotatable bonds is 4. The average Bonchev–Trinajstić information content (AvgIpc) is 2.66. The fourth-order valence-corrected chi connectivity index (χ4v) is 1.71. The van der Waals surface area contributed by atoms with Crippen molar-refractivity contribution in [3.63, 3.8) is 0 Å². The number of thioether (sulfide) groups is 1. The number of aromatic amines is 1. The molecule has 1 rings (SSSR count). The third-order valence-electron chi connectivity index (χ3n) is 2.06. The lowest BCUT2D eigenvalue weighted by Crippen LogP contribution is -2.30. The Balaban J connectivity index is 2.92.